The molecule has 4 nitrogen and oxygen atoms in total. The lowest BCUT2D eigenvalue weighted by molar-refractivity contribution is 0.0477. The number of carbonyl (C=O) groups is 2. The summed E-state index contributed by atoms with van der Waals surface area (Å²) in [5, 5.41) is 0. The van der Waals surface area contributed by atoms with E-state index in [0.717, 1.165) is 19.3 Å². The Kier molecular flexibility index (Phi) is 13.9. The summed E-state index contributed by atoms with van der Waals surface area (Å²) in [6.07, 6.45) is 13.4. The standard InChI is InChI=1S/C25H40O4/c1-4-5-6-7-8-9-10-11-12-13-19-28-24(26)22-14-16-23(17-15-22)25(27)29-20-18-21(2)3/h14-17,21H,4-13,18-20H2,1-3H3. The topological polar surface area (TPSA) is 52.6 Å². The van der Waals surface area contributed by atoms with Gasteiger partial charge in [0.05, 0.1) is 24.3 Å². The molecule has 0 amide bonds. The Morgan fingerprint density at radius 1 is 0.690 bits per heavy atom. The van der Waals surface area contributed by atoms with Crippen molar-refractivity contribution >= 4 is 11.9 Å². The predicted octanol–water partition coefficient (Wildman–Crippen LogP) is 6.97. The third kappa shape index (κ3) is 12.4. The van der Waals surface area contributed by atoms with E-state index in [1.165, 1.54) is 51.4 Å². The fourth-order valence-corrected chi connectivity index (χ4v) is 3.05. The molecule has 0 fully saturated rings. The molecule has 29 heavy (non-hydrogen) atoms. The molecule has 0 spiro atoms. The highest BCUT2D eigenvalue weighted by molar-refractivity contribution is 5.93. The minimum Gasteiger partial charge on any atom is -0.462 e. The molecule has 0 N–H and O–H groups in total. The van der Waals surface area contributed by atoms with Crippen LogP contribution in [0.3, 0.4) is 0 Å². The highest BCUT2D eigenvalue weighted by Crippen LogP contribution is 2.12. The molecule has 4 heteroatoms. The van der Waals surface area contributed by atoms with Gasteiger partial charge in [0.2, 0.25) is 0 Å². The quantitative estimate of drug-likeness (QED) is 0.220. The molecular formula is C25H40O4. The van der Waals surface area contributed by atoms with Gasteiger partial charge in [0.25, 0.3) is 0 Å². The zero-order valence-corrected chi connectivity index (χ0v) is 18.7. The fourth-order valence-electron chi connectivity index (χ4n) is 3.05. The van der Waals surface area contributed by atoms with Gasteiger partial charge in [-0.1, -0.05) is 78.6 Å². The number of rotatable bonds is 16. The van der Waals surface area contributed by atoms with Crippen LogP contribution in [0.15, 0.2) is 24.3 Å². The van der Waals surface area contributed by atoms with Gasteiger partial charge in [-0.2, -0.15) is 0 Å². The molecule has 164 valence electrons. The van der Waals surface area contributed by atoms with E-state index in [1.807, 2.05) is 0 Å². The second-order valence-electron chi connectivity index (χ2n) is 8.21. The Morgan fingerprint density at radius 3 is 1.55 bits per heavy atom. The number of esters is 2. The number of ether oxygens (including phenoxy) is 2. The Morgan fingerprint density at radius 2 is 1.10 bits per heavy atom. The van der Waals surface area contributed by atoms with Gasteiger partial charge in [-0.15, -0.1) is 0 Å². The summed E-state index contributed by atoms with van der Waals surface area (Å²) in [6, 6.07) is 6.49. The van der Waals surface area contributed by atoms with Crippen molar-refractivity contribution in [3.8, 4) is 0 Å². The molecule has 0 aliphatic carbocycles. The van der Waals surface area contributed by atoms with E-state index >= 15 is 0 Å². The van der Waals surface area contributed by atoms with E-state index in [2.05, 4.69) is 20.8 Å². The Labute approximate surface area is 177 Å². The van der Waals surface area contributed by atoms with Gasteiger partial charge in [0.1, 0.15) is 0 Å². The van der Waals surface area contributed by atoms with Gasteiger partial charge in [-0.25, -0.2) is 9.59 Å². The van der Waals surface area contributed by atoms with Crippen molar-refractivity contribution in [1.82, 2.24) is 0 Å². The van der Waals surface area contributed by atoms with Crippen LogP contribution in [0.4, 0.5) is 0 Å². The molecule has 0 aliphatic heterocycles. The SMILES string of the molecule is CCCCCCCCCCCCOC(=O)c1ccc(C(=O)OCCC(C)C)cc1. The lowest BCUT2D eigenvalue weighted by Gasteiger charge is -2.08. The fraction of sp³-hybridized carbons (Fsp3) is 0.680. The Balaban J connectivity index is 2.13. The lowest BCUT2D eigenvalue weighted by atomic mass is 10.1. The summed E-state index contributed by atoms with van der Waals surface area (Å²) in [4.78, 5) is 24.0. The minimum absolute atomic E-state index is 0.333. The van der Waals surface area contributed by atoms with Crippen molar-refractivity contribution in [2.75, 3.05) is 13.2 Å². The lowest BCUT2D eigenvalue weighted by Crippen LogP contribution is -2.10. The van der Waals surface area contributed by atoms with Gasteiger partial charge in [-0.05, 0) is 43.0 Å². The van der Waals surface area contributed by atoms with Crippen molar-refractivity contribution in [2.24, 2.45) is 5.92 Å². The molecule has 1 aromatic rings. The number of benzene rings is 1. The van der Waals surface area contributed by atoms with Crippen LogP contribution < -0.4 is 0 Å². The van der Waals surface area contributed by atoms with Crippen molar-refractivity contribution in [3.63, 3.8) is 0 Å². The molecule has 0 saturated heterocycles. The molecule has 0 saturated carbocycles. The van der Waals surface area contributed by atoms with Gasteiger partial charge in [0, 0.05) is 0 Å². The highest BCUT2D eigenvalue weighted by atomic mass is 16.5. The van der Waals surface area contributed by atoms with Crippen LogP contribution in [-0.4, -0.2) is 25.2 Å². The first-order valence-corrected chi connectivity index (χ1v) is 11.5. The van der Waals surface area contributed by atoms with Gasteiger partial charge < -0.3 is 9.47 Å². The van der Waals surface area contributed by atoms with Gasteiger partial charge >= 0.3 is 11.9 Å². The zero-order valence-electron chi connectivity index (χ0n) is 18.7. The van der Waals surface area contributed by atoms with Crippen molar-refractivity contribution in [3.05, 3.63) is 35.4 Å². The summed E-state index contributed by atoms with van der Waals surface area (Å²) < 4.78 is 10.6. The van der Waals surface area contributed by atoms with Crippen molar-refractivity contribution in [1.29, 1.82) is 0 Å². The second kappa shape index (κ2) is 16.0. The first kappa shape index (κ1) is 25.2. The predicted molar refractivity (Wildman–Crippen MR) is 118 cm³/mol. The third-order valence-corrected chi connectivity index (χ3v) is 5.02. The summed E-state index contributed by atoms with van der Waals surface area (Å²) >= 11 is 0. The van der Waals surface area contributed by atoms with Crippen LogP contribution >= 0.6 is 0 Å². The summed E-state index contributed by atoms with van der Waals surface area (Å²) in [7, 11) is 0. The highest BCUT2D eigenvalue weighted by Gasteiger charge is 2.11. The van der Waals surface area contributed by atoms with Crippen LogP contribution in [0.1, 0.15) is 112 Å². The van der Waals surface area contributed by atoms with E-state index in [4.69, 9.17) is 9.47 Å². The summed E-state index contributed by atoms with van der Waals surface area (Å²) in [5.74, 6) is -0.188. The molecule has 0 radical (unpaired) electrons. The largest absolute Gasteiger partial charge is 0.462 e. The van der Waals surface area contributed by atoms with E-state index in [0.29, 0.717) is 30.3 Å². The van der Waals surface area contributed by atoms with Crippen LogP contribution in [0, 0.1) is 5.92 Å². The number of unbranched alkanes of at least 4 members (excludes halogenated alkanes) is 9. The number of carbonyl (C=O) groups excluding carboxylic acids is 2. The second-order valence-corrected chi connectivity index (χ2v) is 8.21. The van der Waals surface area contributed by atoms with Gasteiger partial charge in [-0.3, -0.25) is 0 Å². The first-order valence-electron chi connectivity index (χ1n) is 11.5. The van der Waals surface area contributed by atoms with E-state index in [1.54, 1.807) is 24.3 Å². The van der Waals surface area contributed by atoms with Crippen LogP contribution in [0.5, 0.6) is 0 Å². The molecule has 0 heterocycles. The van der Waals surface area contributed by atoms with Crippen LogP contribution in [0.2, 0.25) is 0 Å². The molecule has 0 aliphatic rings. The number of hydrogen-bond acceptors (Lipinski definition) is 4. The monoisotopic (exact) mass is 404 g/mol. The van der Waals surface area contributed by atoms with Crippen LogP contribution in [-0.2, 0) is 9.47 Å². The number of hydrogen-bond donors (Lipinski definition) is 0. The summed E-state index contributed by atoms with van der Waals surface area (Å²) in [6.45, 7) is 7.29. The molecule has 0 aromatic heterocycles. The Hall–Kier alpha value is -1.84. The first-order chi connectivity index (χ1) is 14.0. The van der Waals surface area contributed by atoms with E-state index in [-0.39, 0.29) is 11.9 Å². The van der Waals surface area contributed by atoms with Crippen molar-refractivity contribution < 1.29 is 19.1 Å². The molecular weight excluding hydrogens is 364 g/mol. The smallest absolute Gasteiger partial charge is 0.338 e. The normalized spacial score (nSPS) is 10.9. The molecule has 0 bridgehead atoms. The maximum Gasteiger partial charge on any atom is 0.338 e. The maximum absolute atomic E-state index is 12.1. The zero-order chi connectivity index (χ0) is 21.3. The van der Waals surface area contributed by atoms with Crippen LogP contribution in [0.25, 0.3) is 0 Å². The molecule has 0 atom stereocenters. The van der Waals surface area contributed by atoms with Gasteiger partial charge in [0.15, 0.2) is 0 Å². The third-order valence-electron chi connectivity index (χ3n) is 5.02. The maximum atomic E-state index is 12.1. The molecule has 1 aromatic carbocycles. The Bertz CT molecular complexity index is 563. The van der Waals surface area contributed by atoms with Crippen molar-refractivity contribution in [2.45, 2.75) is 91.4 Å². The molecule has 0 unspecified atom stereocenters. The average Bonchev–Trinajstić information content (AvgIpc) is 2.71. The average molecular weight is 405 g/mol. The minimum atomic E-state index is -0.351. The molecule has 1 rings (SSSR count). The summed E-state index contributed by atoms with van der Waals surface area (Å²) in [5.41, 5.74) is 0.927. The van der Waals surface area contributed by atoms with E-state index < -0.39 is 0 Å². The van der Waals surface area contributed by atoms with E-state index in [9.17, 15) is 9.59 Å².